The molecule has 1 aliphatic heterocycles. The summed E-state index contributed by atoms with van der Waals surface area (Å²) in [7, 11) is 0. The van der Waals surface area contributed by atoms with Crippen LogP contribution in [0.2, 0.25) is 0 Å². The summed E-state index contributed by atoms with van der Waals surface area (Å²) in [6.45, 7) is 3.45. The zero-order valence-electron chi connectivity index (χ0n) is 40.0. The minimum atomic E-state index is -0.791. The van der Waals surface area contributed by atoms with Crippen LogP contribution in [0.5, 0.6) is 0 Å². The highest BCUT2D eigenvalue weighted by Crippen LogP contribution is 2.17. The second kappa shape index (κ2) is 42.8. The van der Waals surface area contributed by atoms with Crippen molar-refractivity contribution in [2.75, 3.05) is 26.4 Å². The predicted octanol–water partition coefficient (Wildman–Crippen LogP) is 12.5. The van der Waals surface area contributed by atoms with Gasteiger partial charge in [0.2, 0.25) is 0 Å². The number of hydrogen-bond donors (Lipinski definition) is 0. The van der Waals surface area contributed by atoms with Crippen molar-refractivity contribution < 1.29 is 57.2 Å². The van der Waals surface area contributed by atoms with Gasteiger partial charge in [0.25, 0.3) is 0 Å². The molecule has 1 heterocycles. The number of esters is 6. The summed E-state index contributed by atoms with van der Waals surface area (Å²) in [6.07, 6.45) is 33.7. The summed E-state index contributed by atoms with van der Waals surface area (Å²) >= 11 is 0. The topological polar surface area (TPSA) is 158 Å². The number of unbranched alkanes of at least 4 members (excludes halogenated alkanes) is 14. The minimum absolute atomic E-state index is 0.0927. The number of carbonyl (C=O) groups excluding carboxylic acids is 6. The first-order valence-electron chi connectivity index (χ1n) is 25.7. The van der Waals surface area contributed by atoms with Crippen molar-refractivity contribution in [3.8, 4) is 0 Å². The zero-order chi connectivity index (χ0) is 45.9. The van der Waals surface area contributed by atoms with E-state index < -0.39 is 12.2 Å². The van der Waals surface area contributed by atoms with E-state index in [0.717, 1.165) is 96.3 Å². The molecule has 1 rings (SSSR count). The van der Waals surface area contributed by atoms with Crippen LogP contribution in [0.3, 0.4) is 0 Å². The molecule has 0 N–H and O–H groups in total. The second-order valence-corrected chi connectivity index (χ2v) is 17.7. The van der Waals surface area contributed by atoms with Gasteiger partial charge in [0.1, 0.15) is 26.4 Å². The molecule has 12 nitrogen and oxygen atoms in total. The van der Waals surface area contributed by atoms with Gasteiger partial charge < -0.3 is 28.4 Å². The van der Waals surface area contributed by atoms with Crippen LogP contribution < -0.4 is 0 Å². The quantitative estimate of drug-likeness (QED) is 0.0398. The van der Waals surface area contributed by atoms with Crippen LogP contribution in [0, 0.1) is 0 Å². The first kappa shape index (κ1) is 57.8. The van der Waals surface area contributed by atoms with Crippen LogP contribution in [0.1, 0.15) is 251 Å². The van der Waals surface area contributed by atoms with Gasteiger partial charge in [-0.3, -0.25) is 28.8 Å². The molecule has 0 aromatic carbocycles. The maximum atomic E-state index is 12.6. The number of ether oxygens (including phenoxy) is 6. The highest BCUT2D eigenvalue weighted by atomic mass is 16.6. The lowest BCUT2D eigenvalue weighted by Crippen LogP contribution is -2.30. The lowest BCUT2D eigenvalue weighted by Gasteiger charge is -2.18. The normalized spacial score (nSPS) is 17.2. The Bertz CT molecular complexity index is 1170. The SMILES string of the molecule is CCCCC(=O)OC(COC(=O)CCC)COC(=O)CCCCCCCCCCCCCCCCC(=O)OCC1COC(=O)CCCCCCCCCCCCCCCCC(=O)O1. The van der Waals surface area contributed by atoms with Crippen molar-refractivity contribution in [2.24, 2.45) is 0 Å². The lowest BCUT2D eigenvalue weighted by molar-refractivity contribution is -0.167. The number of hydrogen-bond acceptors (Lipinski definition) is 12. The van der Waals surface area contributed by atoms with E-state index >= 15 is 0 Å². The standard InChI is InChI=1S/C51H90O12/c1-3-5-35-50(56)62-44(40-58-46(52)34-4-2)41-59-47(53)36-30-26-22-18-14-10-6-7-11-15-19-23-27-31-37-48(54)60-42-45-43-61-49(55)38-32-28-24-20-16-12-8-9-13-17-21-25-29-33-39-51(57)63-45/h44-45H,3-43H2,1-2H3. The molecule has 1 saturated heterocycles. The van der Waals surface area contributed by atoms with Gasteiger partial charge in [-0.1, -0.05) is 174 Å². The van der Waals surface area contributed by atoms with E-state index in [9.17, 15) is 28.8 Å². The smallest absolute Gasteiger partial charge is 0.306 e. The third kappa shape index (κ3) is 39.0. The van der Waals surface area contributed by atoms with Crippen molar-refractivity contribution in [1.82, 2.24) is 0 Å². The van der Waals surface area contributed by atoms with E-state index in [-0.39, 0.29) is 75.1 Å². The summed E-state index contributed by atoms with van der Waals surface area (Å²) in [5.74, 6) is -2.02. The van der Waals surface area contributed by atoms with Crippen LogP contribution in [0.25, 0.3) is 0 Å². The summed E-state index contributed by atoms with van der Waals surface area (Å²) < 4.78 is 32.5. The molecule has 1 aliphatic rings. The molecule has 0 saturated carbocycles. The van der Waals surface area contributed by atoms with Crippen LogP contribution in [-0.2, 0) is 57.2 Å². The Morgan fingerprint density at radius 3 is 1.29 bits per heavy atom. The fourth-order valence-corrected chi connectivity index (χ4v) is 7.60. The highest BCUT2D eigenvalue weighted by Gasteiger charge is 2.21. The van der Waals surface area contributed by atoms with Crippen molar-refractivity contribution in [2.45, 2.75) is 264 Å². The van der Waals surface area contributed by atoms with E-state index in [1.807, 2.05) is 13.8 Å². The molecule has 2 unspecified atom stereocenters. The van der Waals surface area contributed by atoms with Gasteiger partial charge in [-0.15, -0.1) is 0 Å². The number of cyclic esters (lactones) is 2. The Morgan fingerprint density at radius 1 is 0.460 bits per heavy atom. The fraction of sp³-hybridized carbons (Fsp3) is 0.882. The Hall–Kier alpha value is -3.18. The zero-order valence-corrected chi connectivity index (χ0v) is 40.0. The number of rotatable bonds is 29. The van der Waals surface area contributed by atoms with Crippen LogP contribution in [0.15, 0.2) is 0 Å². The van der Waals surface area contributed by atoms with Crippen molar-refractivity contribution in [3.05, 3.63) is 0 Å². The summed E-state index contributed by atoms with van der Waals surface area (Å²) in [4.78, 5) is 73.6. The van der Waals surface area contributed by atoms with Gasteiger partial charge in [0, 0.05) is 38.5 Å². The van der Waals surface area contributed by atoms with E-state index in [1.165, 1.54) is 89.9 Å². The second-order valence-electron chi connectivity index (χ2n) is 17.7. The first-order chi connectivity index (χ1) is 30.7. The summed E-state index contributed by atoms with van der Waals surface area (Å²) in [5.41, 5.74) is 0. The Kier molecular flexibility index (Phi) is 39.2. The minimum Gasteiger partial charge on any atom is -0.462 e. The molecule has 12 heteroatoms. The molecule has 0 aliphatic carbocycles. The number of carbonyl (C=O) groups is 6. The summed E-state index contributed by atoms with van der Waals surface area (Å²) in [5, 5.41) is 0. The van der Waals surface area contributed by atoms with Crippen molar-refractivity contribution in [3.63, 3.8) is 0 Å². The van der Waals surface area contributed by atoms with Gasteiger partial charge in [0.05, 0.1) is 0 Å². The Balaban J connectivity index is 2.12. The first-order valence-corrected chi connectivity index (χ1v) is 25.7. The predicted molar refractivity (Wildman–Crippen MR) is 246 cm³/mol. The molecule has 0 aromatic rings. The van der Waals surface area contributed by atoms with E-state index in [2.05, 4.69) is 0 Å². The van der Waals surface area contributed by atoms with Crippen LogP contribution in [0.4, 0.5) is 0 Å². The maximum absolute atomic E-state index is 12.6. The van der Waals surface area contributed by atoms with Crippen LogP contribution >= 0.6 is 0 Å². The maximum Gasteiger partial charge on any atom is 0.306 e. The van der Waals surface area contributed by atoms with Gasteiger partial charge in [0.15, 0.2) is 12.2 Å². The molecule has 1 fully saturated rings. The fourth-order valence-electron chi connectivity index (χ4n) is 7.60. The third-order valence-electron chi connectivity index (χ3n) is 11.5. The molecular formula is C51H90O12. The summed E-state index contributed by atoms with van der Waals surface area (Å²) in [6, 6.07) is 0. The monoisotopic (exact) mass is 895 g/mol. The largest absolute Gasteiger partial charge is 0.462 e. The van der Waals surface area contributed by atoms with E-state index in [4.69, 9.17) is 28.4 Å². The average molecular weight is 895 g/mol. The van der Waals surface area contributed by atoms with Crippen molar-refractivity contribution in [1.29, 1.82) is 0 Å². The molecule has 0 amide bonds. The van der Waals surface area contributed by atoms with Gasteiger partial charge in [-0.05, 0) is 38.5 Å². The Labute approximate surface area is 382 Å². The molecule has 0 aromatic heterocycles. The van der Waals surface area contributed by atoms with Crippen molar-refractivity contribution >= 4 is 35.8 Å². The molecule has 63 heavy (non-hydrogen) atoms. The molecule has 0 radical (unpaired) electrons. The highest BCUT2D eigenvalue weighted by molar-refractivity contribution is 5.72. The molecule has 0 bridgehead atoms. The van der Waals surface area contributed by atoms with Gasteiger partial charge >= 0.3 is 35.8 Å². The third-order valence-corrected chi connectivity index (χ3v) is 11.5. The van der Waals surface area contributed by atoms with Gasteiger partial charge in [-0.2, -0.15) is 0 Å². The Morgan fingerprint density at radius 2 is 0.841 bits per heavy atom. The molecular weight excluding hydrogens is 805 g/mol. The molecule has 0 spiro atoms. The average Bonchev–Trinajstić information content (AvgIpc) is 3.26. The lowest BCUT2D eigenvalue weighted by atomic mass is 10.0. The van der Waals surface area contributed by atoms with Crippen LogP contribution in [-0.4, -0.2) is 74.5 Å². The van der Waals surface area contributed by atoms with Gasteiger partial charge in [-0.25, -0.2) is 0 Å². The van der Waals surface area contributed by atoms with E-state index in [0.29, 0.717) is 38.5 Å². The van der Waals surface area contributed by atoms with E-state index in [1.54, 1.807) is 0 Å². The molecule has 366 valence electrons. The molecule has 2 atom stereocenters.